The first-order valence-corrected chi connectivity index (χ1v) is 8.61. The minimum Gasteiger partial charge on any atom is -0.381 e. The van der Waals surface area contributed by atoms with Crippen molar-refractivity contribution in [3.8, 4) is 0 Å². The maximum atomic E-state index is 4.60. The number of nitrogens with zero attached hydrogens (tertiary/aromatic N) is 2. The van der Waals surface area contributed by atoms with Crippen molar-refractivity contribution in [2.75, 3.05) is 23.3 Å². The molecule has 0 spiro atoms. The summed E-state index contributed by atoms with van der Waals surface area (Å²) in [4.78, 5) is 6.88. The van der Waals surface area contributed by atoms with Crippen LogP contribution in [0.15, 0.2) is 18.3 Å². The van der Waals surface area contributed by atoms with E-state index in [1.165, 1.54) is 31.4 Å². The highest BCUT2D eigenvalue weighted by molar-refractivity contribution is 5.49. The van der Waals surface area contributed by atoms with Gasteiger partial charge in [0.2, 0.25) is 0 Å². The lowest BCUT2D eigenvalue weighted by molar-refractivity contribution is 0.264. The summed E-state index contributed by atoms with van der Waals surface area (Å²) in [5.41, 5.74) is 1.17. The normalized spacial score (nSPS) is 22.3. The fourth-order valence-electron chi connectivity index (χ4n) is 3.41. The van der Waals surface area contributed by atoms with E-state index in [0.717, 1.165) is 30.7 Å². The Kier molecular flexibility index (Phi) is 5.89. The quantitative estimate of drug-likeness (QED) is 0.832. The molecule has 0 radical (unpaired) electrons. The van der Waals surface area contributed by atoms with Gasteiger partial charge in [-0.2, -0.15) is 0 Å². The molecule has 1 aromatic rings. The van der Waals surface area contributed by atoms with Gasteiger partial charge in [-0.05, 0) is 50.7 Å². The molecule has 0 aliphatic heterocycles. The van der Waals surface area contributed by atoms with Crippen molar-refractivity contribution in [2.45, 2.75) is 59.4 Å². The Labute approximate surface area is 130 Å². The monoisotopic (exact) mass is 289 g/mol. The summed E-state index contributed by atoms with van der Waals surface area (Å²) < 4.78 is 0. The van der Waals surface area contributed by atoms with Crippen molar-refractivity contribution in [1.29, 1.82) is 0 Å². The fourth-order valence-corrected chi connectivity index (χ4v) is 3.41. The molecule has 1 heterocycles. The van der Waals surface area contributed by atoms with Gasteiger partial charge in [0.15, 0.2) is 0 Å². The fraction of sp³-hybridized carbons (Fsp3) is 0.722. The molecule has 1 fully saturated rings. The topological polar surface area (TPSA) is 28.2 Å². The van der Waals surface area contributed by atoms with E-state index < -0.39 is 0 Å². The molecule has 1 aliphatic carbocycles. The van der Waals surface area contributed by atoms with Crippen LogP contribution in [0.3, 0.4) is 0 Å². The third-order valence-corrected chi connectivity index (χ3v) is 4.86. The van der Waals surface area contributed by atoms with Crippen LogP contribution in [0.5, 0.6) is 0 Å². The van der Waals surface area contributed by atoms with Crippen LogP contribution in [0, 0.1) is 11.8 Å². The summed E-state index contributed by atoms with van der Waals surface area (Å²) in [6.45, 7) is 11.1. The molecular formula is C18H31N3. The molecule has 3 nitrogen and oxygen atoms in total. The van der Waals surface area contributed by atoms with Gasteiger partial charge in [-0.3, -0.25) is 0 Å². The van der Waals surface area contributed by atoms with Gasteiger partial charge in [-0.15, -0.1) is 0 Å². The van der Waals surface area contributed by atoms with Crippen LogP contribution in [-0.4, -0.2) is 24.1 Å². The first kappa shape index (κ1) is 16.1. The molecule has 2 unspecified atom stereocenters. The predicted octanol–water partition coefficient (Wildman–Crippen LogP) is 4.55. The lowest BCUT2D eigenvalue weighted by Gasteiger charge is -2.32. The summed E-state index contributed by atoms with van der Waals surface area (Å²) in [7, 11) is 0. The number of hydrogen-bond acceptors (Lipinski definition) is 3. The third-order valence-electron chi connectivity index (χ3n) is 4.86. The van der Waals surface area contributed by atoms with E-state index in [-0.39, 0.29) is 0 Å². The maximum absolute atomic E-state index is 4.60. The Morgan fingerprint density at radius 3 is 2.57 bits per heavy atom. The summed E-state index contributed by atoms with van der Waals surface area (Å²) >= 11 is 0. The number of hydrogen-bond donors (Lipinski definition) is 1. The van der Waals surface area contributed by atoms with E-state index in [1.54, 1.807) is 0 Å². The van der Waals surface area contributed by atoms with E-state index in [1.807, 2.05) is 6.20 Å². The van der Waals surface area contributed by atoms with E-state index in [2.05, 4.69) is 55.0 Å². The van der Waals surface area contributed by atoms with E-state index >= 15 is 0 Å². The van der Waals surface area contributed by atoms with Gasteiger partial charge in [0.05, 0.1) is 11.9 Å². The van der Waals surface area contributed by atoms with Crippen molar-refractivity contribution in [3.05, 3.63) is 18.3 Å². The van der Waals surface area contributed by atoms with Gasteiger partial charge in [0.25, 0.3) is 0 Å². The molecule has 1 aliphatic rings. The predicted molar refractivity (Wildman–Crippen MR) is 92.0 cm³/mol. The second-order valence-corrected chi connectivity index (χ2v) is 6.59. The molecule has 0 saturated heterocycles. The highest BCUT2D eigenvalue weighted by Gasteiger charge is 2.23. The van der Waals surface area contributed by atoms with Crippen LogP contribution in [-0.2, 0) is 0 Å². The standard InChI is InChI=1S/C18H31N3/c1-5-21(6-2)18-11-10-17(13-19-18)20-16-9-7-8-15(12-16)14(3)4/h10-11,13-16,20H,5-9,12H2,1-4H3. The molecular weight excluding hydrogens is 258 g/mol. The lowest BCUT2D eigenvalue weighted by Crippen LogP contribution is -2.29. The van der Waals surface area contributed by atoms with Crippen LogP contribution in [0.2, 0.25) is 0 Å². The number of anilines is 2. The zero-order valence-electron chi connectivity index (χ0n) is 14.1. The second kappa shape index (κ2) is 7.67. The van der Waals surface area contributed by atoms with E-state index in [9.17, 15) is 0 Å². The van der Waals surface area contributed by atoms with Crippen LogP contribution < -0.4 is 10.2 Å². The number of rotatable bonds is 6. The summed E-state index contributed by atoms with van der Waals surface area (Å²) in [5, 5.41) is 3.69. The highest BCUT2D eigenvalue weighted by atomic mass is 15.2. The first-order chi connectivity index (χ1) is 10.1. The van der Waals surface area contributed by atoms with Gasteiger partial charge < -0.3 is 10.2 Å². The van der Waals surface area contributed by atoms with Crippen LogP contribution in [0.25, 0.3) is 0 Å². The zero-order valence-corrected chi connectivity index (χ0v) is 14.1. The van der Waals surface area contributed by atoms with E-state index in [4.69, 9.17) is 0 Å². The average Bonchev–Trinajstić information content (AvgIpc) is 2.50. The molecule has 3 heteroatoms. The maximum Gasteiger partial charge on any atom is 0.128 e. The molecule has 2 atom stereocenters. The lowest BCUT2D eigenvalue weighted by atomic mass is 9.79. The van der Waals surface area contributed by atoms with Crippen LogP contribution in [0.1, 0.15) is 53.4 Å². The van der Waals surface area contributed by atoms with Gasteiger partial charge in [-0.25, -0.2) is 4.98 Å². The van der Waals surface area contributed by atoms with Crippen molar-refractivity contribution < 1.29 is 0 Å². The SMILES string of the molecule is CCN(CC)c1ccc(NC2CCCC(C(C)C)C2)cn1. The molecule has 1 N–H and O–H groups in total. The highest BCUT2D eigenvalue weighted by Crippen LogP contribution is 2.31. The average molecular weight is 289 g/mol. The molecule has 1 saturated carbocycles. The second-order valence-electron chi connectivity index (χ2n) is 6.59. The largest absolute Gasteiger partial charge is 0.381 e. The minimum absolute atomic E-state index is 0.618. The minimum atomic E-state index is 0.618. The van der Waals surface area contributed by atoms with Crippen molar-refractivity contribution in [1.82, 2.24) is 4.98 Å². The van der Waals surface area contributed by atoms with Gasteiger partial charge in [0, 0.05) is 19.1 Å². The zero-order chi connectivity index (χ0) is 15.2. The number of pyridine rings is 1. The van der Waals surface area contributed by atoms with Crippen molar-refractivity contribution in [3.63, 3.8) is 0 Å². The van der Waals surface area contributed by atoms with Crippen LogP contribution in [0.4, 0.5) is 11.5 Å². The molecule has 21 heavy (non-hydrogen) atoms. The van der Waals surface area contributed by atoms with Gasteiger partial charge in [-0.1, -0.05) is 26.7 Å². The van der Waals surface area contributed by atoms with E-state index in [0.29, 0.717) is 6.04 Å². The molecule has 0 amide bonds. The summed E-state index contributed by atoms with van der Waals surface area (Å²) in [5.74, 6) is 2.76. The third kappa shape index (κ3) is 4.36. The summed E-state index contributed by atoms with van der Waals surface area (Å²) in [6, 6.07) is 4.94. The van der Waals surface area contributed by atoms with Crippen molar-refractivity contribution in [2.24, 2.45) is 11.8 Å². The number of nitrogens with one attached hydrogen (secondary N) is 1. The van der Waals surface area contributed by atoms with Crippen molar-refractivity contribution >= 4 is 11.5 Å². The molecule has 0 aromatic carbocycles. The molecule has 0 bridgehead atoms. The Bertz CT molecular complexity index is 409. The van der Waals surface area contributed by atoms with Gasteiger partial charge in [0.1, 0.15) is 5.82 Å². The van der Waals surface area contributed by atoms with Crippen LogP contribution >= 0.6 is 0 Å². The molecule has 2 rings (SSSR count). The summed E-state index contributed by atoms with van der Waals surface area (Å²) in [6.07, 6.45) is 7.34. The van der Waals surface area contributed by atoms with Gasteiger partial charge >= 0.3 is 0 Å². The Hall–Kier alpha value is -1.25. The first-order valence-electron chi connectivity index (χ1n) is 8.61. The molecule has 1 aromatic heterocycles. The Morgan fingerprint density at radius 2 is 2.00 bits per heavy atom. The molecule has 118 valence electrons. The Balaban J connectivity index is 1.94. The Morgan fingerprint density at radius 1 is 1.24 bits per heavy atom. The smallest absolute Gasteiger partial charge is 0.128 e. The number of aromatic nitrogens is 1.